The molecule has 0 aromatic carbocycles. The zero-order chi connectivity index (χ0) is 18.3. The summed E-state index contributed by atoms with van der Waals surface area (Å²) in [5.41, 5.74) is 0.949. The number of hydrogen-bond acceptors (Lipinski definition) is 2. The summed E-state index contributed by atoms with van der Waals surface area (Å²) in [6, 6.07) is 0. The number of unbranched alkanes of at least 4 members (excludes halogenated alkanes) is 7. The van der Waals surface area contributed by atoms with E-state index >= 15 is 0 Å². The highest BCUT2D eigenvalue weighted by Gasteiger charge is 2.52. The summed E-state index contributed by atoms with van der Waals surface area (Å²) in [7, 11) is -0.117. The molecule has 0 aromatic rings. The van der Waals surface area contributed by atoms with E-state index in [1.165, 1.54) is 76.1 Å². The first-order valence-electron chi connectivity index (χ1n) is 10.9. The molecule has 0 bridgehead atoms. The van der Waals surface area contributed by atoms with Gasteiger partial charge in [-0.25, -0.2) is 0 Å². The van der Waals surface area contributed by atoms with Gasteiger partial charge in [0.1, 0.15) is 0 Å². The molecule has 1 aliphatic carbocycles. The summed E-state index contributed by atoms with van der Waals surface area (Å²) in [6.45, 7) is 10.8. The van der Waals surface area contributed by atoms with E-state index in [0.29, 0.717) is 0 Å². The lowest BCUT2D eigenvalue weighted by Gasteiger charge is -2.32. The molecule has 25 heavy (non-hydrogen) atoms. The van der Waals surface area contributed by atoms with E-state index in [4.69, 9.17) is 9.31 Å². The smallest absolute Gasteiger partial charge is 0.400 e. The monoisotopic (exact) mass is 348 g/mol. The summed E-state index contributed by atoms with van der Waals surface area (Å²) >= 11 is 0. The van der Waals surface area contributed by atoms with Gasteiger partial charge >= 0.3 is 7.12 Å². The van der Waals surface area contributed by atoms with Crippen molar-refractivity contribution in [2.24, 2.45) is 5.92 Å². The van der Waals surface area contributed by atoms with Gasteiger partial charge in [0.05, 0.1) is 11.2 Å². The quantitative estimate of drug-likeness (QED) is 0.317. The van der Waals surface area contributed by atoms with Crippen molar-refractivity contribution in [2.75, 3.05) is 0 Å². The van der Waals surface area contributed by atoms with Crippen LogP contribution in [0.4, 0.5) is 0 Å². The molecule has 3 heteroatoms. The average Bonchev–Trinajstić information content (AvgIpc) is 2.78. The molecule has 2 rings (SSSR count). The van der Waals surface area contributed by atoms with Gasteiger partial charge in [-0.05, 0) is 58.3 Å². The zero-order valence-corrected chi connectivity index (χ0v) is 17.5. The van der Waals surface area contributed by atoms with Crippen LogP contribution in [-0.2, 0) is 9.31 Å². The van der Waals surface area contributed by atoms with Crippen LogP contribution >= 0.6 is 0 Å². The van der Waals surface area contributed by atoms with E-state index in [-0.39, 0.29) is 18.3 Å². The van der Waals surface area contributed by atoms with Gasteiger partial charge in [0.2, 0.25) is 0 Å². The summed E-state index contributed by atoms with van der Waals surface area (Å²) in [4.78, 5) is 0. The number of allylic oxidation sites excluding steroid dienone is 2. The fourth-order valence-electron chi connectivity index (χ4n) is 3.95. The maximum Gasteiger partial charge on any atom is 0.490 e. The van der Waals surface area contributed by atoms with Gasteiger partial charge in [0.25, 0.3) is 0 Å². The summed E-state index contributed by atoms with van der Waals surface area (Å²) in [6.07, 6.45) is 18.9. The Bertz CT molecular complexity index is 412. The molecule has 2 aliphatic rings. The summed E-state index contributed by atoms with van der Waals surface area (Å²) < 4.78 is 12.4. The van der Waals surface area contributed by atoms with Crippen molar-refractivity contribution in [1.29, 1.82) is 0 Å². The summed E-state index contributed by atoms with van der Waals surface area (Å²) in [5.74, 6) is 0.881. The predicted octanol–water partition coefficient (Wildman–Crippen LogP) is 6.88. The van der Waals surface area contributed by atoms with Crippen LogP contribution in [0.5, 0.6) is 0 Å². The molecule has 0 spiro atoms. The van der Waals surface area contributed by atoms with Crippen molar-refractivity contribution in [1.82, 2.24) is 0 Å². The molecule has 0 amide bonds. The number of rotatable bonds is 10. The van der Waals surface area contributed by atoms with E-state index in [9.17, 15) is 0 Å². The summed E-state index contributed by atoms with van der Waals surface area (Å²) in [5, 5.41) is 0. The first kappa shape index (κ1) is 21.0. The van der Waals surface area contributed by atoms with Gasteiger partial charge in [-0.1, -0.05) is 70.8 Å². The van der Waals surface area contributed by atoms with Crippen LogP contribution in [0.15, 0.2) is 11.5 Å². The normalized spacial score (nSPS) is 25.2. The third kappa shape index (κ3) is 6.13. The molecule has 1 fully saturated rings. The second-order valence-electron chi connectivity index (χ2n) is 9.27. The van der Waals surface area contributed by atoms with Gasteiger partial charge in [-0.3, -0.25) is 0 Å². The van der Waals surface area contributed by atoms with E-state index in [1.54, 1.807) is 0 Å². The van der Waals surface area contributed by atoms with Gasteiger partial charge < -0.3 is 9.31 Å². The molecule has 1 unspecified atom stereocenters. The lowest BCUT2D eigenvalue weighted by atomic mass is 9.70. The van der Waals surface area contributed by atoms with Crippen LogP contribution < -0.4 is 0 Å². The average molecular weight is 348 g/mol. The Morgan fingerprint density at radius 1 is 0.920 bits per heavy atom. The number of hydrogen-bond donors (Lipinski definition) is 0. The van der Waals surface area contributed by atoms with E-state index in [1.807, 2.05) is 0 Å². The maximum atomic E-state index is 6.20. The minimum Gasteiger partial charge on any atom is -0.400 e. The van der Waals surface area contributed by atoms with Crippen molar-refractivity contribution in [3.63, 3.8) is 0 Å². The molecular weight excluding hydrogens is 307 g/mol. The van der Waals surface area contributed by atoms with Crippen LogP contribution in [0.1, 0.15) is 112 Å². The van der Waals surface area contributed by atoms with E-state index < -0.39 is 0 Å². The topological polar surface area (TPSA) is 18.5 Å². The maximum absolute atomic E-state index is 6.20. The van der Waals surface area contributed by atoms with Crippen LogP contribution in [0, 0.1) is 5.92 Å². The Hall–Kier alpha value is -0.275. The Morgan fingerprint density at radius 3 is 2.00 bits per heavy atom. The van der Waals surface area contributed by atoms with Gasteiger partial charge in [0, 0.05) is 0 Å². The predicted molar refractivity (Wildman–Crippen MR) is 109 cm³/mol. The molecule has 0 N–H and O–H groups in total. The molecule has 0 saturated carbocycles. The van der Waals surface area contributed by atoms with Crippen LogP contribution in [0.2, 0.25) is 0 Å². The molecule has 144 valence electrons. The third-order valence-corrected chi connectivity index (χ3v) is 6.58. The van der Waals surface area contributed by atoms with Crippen LogP contribution in [0.25, 0.3) is 0 Å². The fraction of sp³-hybridized carbons (Fsp3) is 0.909. The highest BCUT2D eigenvalue weighted by molar-refractivity contribution is 6.54. The molecule has 0 radical (unpaired) electrons. The second kappa shape index (κ2) is 9.60. The molecule has 1 aliphatic heterocycles. The van der Waals surface area contributed by atoms with Gasteiger partial charge in [-0.2, -0.15) is 0 Å². The molecule has 1 saturated heterocycles. The highest BCUT2D eigenvalue weighted by Crippen LogP contribution is 2.41. The molecule has 2 nitrogen and oxygen atoms in total. The van der Waals surface area contributed by atoms with E-state index in [2.05, 4.69) is 40.7 Å². The van der Waals surface area contributed by atoms with Gasteiger partial charge in [0.15, 0.2) is 0 Å². The molecule has 1 atom stereocenters. The first-order valence-corrected chi connectivity index (χ1v) is 10.9. The minimum absolute atomic E-state index is 0.117. The van der Waals surface area contributed by atoms with Crippen molar-refractivity contribution in [3.8, 4) is 0 Å². The zero-order valence-electron chi connectivity index (χ0n) is 17.5. The first-order chi connectivity index (χ1) is 11.9. The Morgan fingerprint density at radius 2 is 1.48 bits per heavy atom. The molecule has 0 aromatic heterocycles. The SMILES string of the molecule is CCCCCCCCCCC1CC=C(B2OC(C)(C)C(C)(C)O2)CC1. The fourth-order valence-corrected chi connectivity index (χ4v) is 3.95. The Labute approximate surface area is 157 Å². The largest absolute Gasteiger partial charge is 0.490 e. The van der Waals surface area contributed by atoms with Crippen molar-refractivity contribution in [3.05, 3.63) is 11.5 Å². The van der Waals surface area contributed by atoms with Crippen molar-refractivity contribution >= 4 is 7.12 Å². The molecular formula is C22H41BO2. The van der Waals surface area contributed by atoms with Gasteiger partial charge in [-0.15, -0.1) is 0 Å². The standard InChI is InChI=1S/C22H41BO2/c1-6-7-8-9-10-11-12-13-14-19-15-17-20(18-16-19)23-24-21(2,3)22(4,5)25-23/h17,19H,6-16,18H2,1-5H3. The van der Waals surface area contributed by atoms with Crippen LogP contribution in [-0.4, -0.2) is 18.3 Å². The Kier molecular flexibility index (Phi) is 8.08. The lowest BCUT2D eigenvalue weighted by Crippen LogP contribution is -2.41. The minimum atomic E-state index is -0.216. The lowest BCUT2D eigenvalue weighted by molar-refractivity contribution is 0.00578. The third-order valence-electron chi connectivity index (χ3n) is 6.58. The molecule has 1 heterocycles. The van der Waals surface area contributed by atoms with Crippen molar-refractivity contribution in [2.45, 2.75) is 123 Å². The van der Waals surface area contributed by atoms with Crippen LogP contribution in [0.3, 0.4) is 0 Å². The van der Waals surface area contributed by atoms with E-state index in [0.717, 1.165) is 12.3 Å². The second-order valence-corrected chi connectivity index (χ2v) is 9.27. The highest BCUT2D eigenvalue weighted by atomic mass is 16.7. The Balaban J connectivity index is 1.61. The van der Waals surface area contributed by atoms with Crippen molar-refractivity contribution < 1.29 is 9.31 Å².